The highest BCUT2D eigenvalue weighted by molar-refractivity contribution is 6.33. The number of pyridine rings is 1. The van der Waals surface area contributed by atoms with E-state index in [9.17, 15) is 23.1 Å². The molecule has 1 atom stereocenters. The zero-order valence-electron chi connectivity index (χ0n) is 15.7. The number of carbonyl (C=O) groups excluding carboxylic acids is 1. The van der Waals surface area contributed by atoms with Gasteiger partial charge >= 0.3 is 12.1 Å². The summed E-state index contributed by atoms with van der Waals surface area (Å²) in [7, 11) is 0. The van der Waals surface area contributed by atoms with E-state index in [1.165, 1.54) is 25.1 Å². The second kappa shape index (κ2) is 9.13. The Kier molecular flexibility index (Phi) is 7.07. The van der Waals surface area contributed by atoms with Crippen LogP contribution in [0.25, 0.3) is 11.3 Å². The van der Waals surface area contributed by atoms with Gasteiger partial charge in [-0.05, 0) is 44.5 Å². The predicted molar refractivity (Wildman–Crippen MR) is 101 cm³/mol. The SMILES string of the molecule is CCC(C)=NOC(=O)C(C)Oc1ccc(-c2ncc(C(F)(F)F)cc2Cl)cc1O. The van der Waals surface area contributed by atoms with Gasteiger partial charge in [0.15, 0.2) is 17.6 Å². The Labute approximate surface area is 169 Å². The van der Waals surface area contributed by atoms with Gasteiger partial charge in [-0.2, -0.15) is 13.2 Å². The first-order valence-corrected chi connectivity index (χ1v) is 8.87. The summed E-state index contributed by atoms with van der Waals surface area (Å²) < 4.78 is 43.5. The maximum absolute atomic E-state index is 12.7. The van der Waals surface area contributed by atoms with Crippen LogP contribution >= 0.6 is 11.6 Å². The number of benzene rings is 1. The number of aromatic nitrogens is 1. The number of alkyl halides is 3. The van der Waals surface area contributed by atoms with Gasteiger partial charge in [0.2, 0.25) is 0 Å². The number of carbonyl (C=O) groups is 1. The van der Waals surface area contributed by atoms with Crippen LogP contribution in [0, 0.1) is 0 Å². The van der Waals surface area contributed by atoms with Crippen molar-refractivity contribution in [3.63, 3.8) is 0 Å². The minimum Gasteiger partial charge on any atom is -0.504 e. The van der Waals surface area contributed by atoms with Crippen molar-refractivity contribution in [3.8, 4) is 22.8 Å². The lowest BCUT2D eigenvalue weighted by molar-refractivity contribution is -0.151. The fourth-order valence-electron chi connectivity index (χ4n) is 2.07. The zero-order valence-corrected chi connectivity index (χ0v) is 16.5. The summed E-state index contributed by atoms with van der Waals surface area (Å²) in [6.07, 6.45) is -4.36. The van der Waals surface area contributed by atoms with E-state index < -0.39 is 23.8 Å². The minimum atomic E-state index is -4.57. The van der Waals surface area contributed by atoms with Crippen LogP contribution in [0.4, 0.5) is 13.2 Å². The van der Waals surface area contributed by atoms with Gasteiger partial charge in [0, 0.05) is 11.8 Å². The van der Waals surface area contributed by atoms with Gasteiger partial charge in [-0.1, -0.05) is 23.7 Å². The molecule has 2 rings (SSSR count). The molecule has 0 fully saturated rings. The fourth-order valence-corrected chi connectivity index (χ4v) is 2.35. The summed E-state index contributed by atoms with van der Waals surface area (Å²) in [5, 5.41) is 13.6. The molecule has 0 saturated heterocycles. The number of aromatic hydroxyl groups is 1. The molecule has 0 aliphatic carbocycles. The van der Waals surface area contributed by atoms with Gasteiger partial charge in [0.1, 0.15) is 0 Å². The number of phenolic OH excluding ortho intramolecular Hbond substituents is 1. The smallest absolute Gasteiger partial charge is 0.417 e. The summed E-state index contributed by atoms with van der Waals surface area (Å²) in [6.45, 7) is 4.97. The molecule has 29 heavy (non-hydrogen) atoms. The minimum absolute atomic E-state index is 0.0302. The second-order valence-corrected chi connectivity index (χ2v) is 6.49. The maximum Gasteiger partial charge on any atom is 0.417 e. The van der Waals surface area contributed by atoms with Crippen molar-refractivity contribution in [1.82, 2.24) is 4.98 Å². The van der Waals surface area contributed by atoms with Crippen LogP contribution in [0.2, 0.25) is 5.02 Å². The topological polar surface area (TPSA) is 81.0 Å². The molecule has 156 valence electrons. The Morgan fingerprint density at radius 1 is 1.34 bits per heavy atom. The molecule has 1 unspecified atom stereocenters. The van der Waals surface area contributed by atoms with E-state index >= 15 is 0 Å². The molecule has 0 spiro atoms. The second-order valence-electron chi connectivity index (χ2n) is 6.09. The lowest BCUT2D eigenvalue weighted by Crippen LogP contribution is -2.25. The highest BCUT2D eigenvalue weighted by Crippen LogP contribution is 2.37. The number of halogens is 4. The van der Waals surface area contributed by atoms with E-state index in [0.717, 1.165) is 6.07 Å². The number of nitrogens with zero attached hydrogens (tertiary/aromatic N) is 2. The molecule has 0 radical (unpaired) electrons. The molecular weight excluding hydrogens is 413 g/mol. The van der Waals surface area contributed by atoms with Crippen molar-refractivity contribution in [2.45, 2.75) is 39.5 Å². The first kappa shape index (κ1) is 22.5. The molecule has 2 aromatic rings. The van der Waals surface area contributed by atoms with Crippen molar-refractivity contribution >= 4 is 23.3 Å². The standard InChI is InChI=1S/C19H18ClF3N2O4/c1-4-10(2)25-29-18(27)11(3)28-16-6-5-12(7-15(16)26)17-14(20)8-13(9-24-17)19(21,22)23/h5-9,11,26H,4H2,1-3H3. The van der Waals surface area contributed by atoms with Crippen LogP contribution < -0.4 is 4.74 Å². The third-order valence-corrected chi connectivity index (χ3v) is 4.13. The number of hydrogen-bond acceptors (Lipinski definition) is 6. The molecule has 6 nitrogen and oxygen atoms in total. The van der Waals surface area contributed by atoms with Gasteiger partial charge in [0.25, 0.3) is 0 Å². The first-order valence-electron chi connectivity index (χ1n) is 8.50. The average molecular weight is 431 g/mol. The Bertz CT molecular complexity index is 932. The Morgan fingerprint density at radius 2 is 2.03 bits per heavy atom. The molecule has 1 aromatic carbocycles. The number of phenols is 1. The summed E-state index contributed by atoms with van der Waals surface area (Å²) in [4.78, 5) is 20.3. The third kappa shape index (κ3) is 5.83. The summed E-state index contributed by atoms with van der Waals surface area (Å²) in [6, 6.07) is 4.75. The van der Waals surface area contributed by atoms with E-state index in [4.69, 9.17) is 21.2 Å². The van der Waals surface area contributed by atoms with Crippen molar-refractivity contribution in [2.24, 2.45) is 5.16 Å². The van der Waals surface area contributed by atoms with Gasteiger partial charge in [-0.25, -0.2) is 4.79 Å². The van der Waals surface area contributed by atoms with Gasteiger partial charge in [-0.3, -0.25) is 4.98 Å². The quantitative estimate of drug-likeness (QED) is 0.386. The molecule has 0 aliphatic rings. The molecule has 0 amide bonds. The van der Waals surface area contributed by atoms with Crippen LogP contribution in [-0.2, 0) is 15.8 Å². The number of ether oxygens (including phenoxy) is 1. The molecule has 1 heterocycles. The summed E-state index contributed by atoms with van der Waals surface area (Å²) in [5.74, 6) is -1.14. The predicted octanol–water partition coefficient (Wildman–Crippen LogP) is 5.22. The molecule has 10 heteroatoms. The van der Waals surface area contributed by atoms with Crippen LogP contribution in [0.1, 0.15) is 32.8 Å². The van der Waals surface area contributed by atoms with E-state index in [1.807, 2.05) is 6.92 Å². The van der Waals surface area contributed by atoms with Crippen molar-refractivity contribution in [1.29, 1.82) is 0 Å². The molecular formula is C19H18ClF3N2O4. The van der Waals surface area contributed by atoms with Crippen LogP contribution in [-0.4, -0.2) is 27.9 Å². The van der Waals surface area contributed by atoms with E-state index in [1.54, 1.807) is 6.92 Å². The van der Waals surface area contributed by atoms with Gasteiger partial charge in [0.05, 0.1) is 22.0 Å². The third-order valence-electron chi connectivity index (χ3n) is 3.84. The van der Waals surface area contributed by atoms with Gasteiger partial charge < -0.3 is 14.7 Å². The van der Waals surface area contributed by atoms with Crippen LogP contribution in [0.15, 0.2) is 35.6 Å². The van der Waals surface area contributed by atoms with Crippen molar-refractivity contribution in [3.05, 3.63) is 41.0 Å². The Hall–Kier alpha value is -2.81. The Morgan fingerprint density at radius 3 is 2.59 bits per heavy atom. The maximum atomic E-state index is 12.7. The molecule has 1 aromatic heterocycles. The Balaban J connectivity index is 2.17. The molecule has 1 N–H and O–H groups in total. The fraction of sp³-hybridized carbons (Fsp3) is 0.316. The normalized spacial score (nSPS) is 13.1. The first-order chi connectivity index (χ1) is 13.5. The number of hydrogen-bond donors (Lipinski definition) is 1. The van der Waals surface area contributed by atoms with E-state index in [2.05, 4.69) is 10.1 Å². The van der Waals surface area contributed by atoms with Crippen LogP contribution in [0.3, 0.4) is 0 Å². The summed E-state index contributed by atoms with van der Waals surface area (Å²) in [5.41, 5.74) is -0.0345. The van der Waals surface area contributed by atoms with Crippen molar-refractivity contribution in [2.75, 3.05) is 0 Å². The summed E-state index contributed by atoms with van der Waals surface area (Å²) >= 11 is 5.91. The van der Waals surface area contributed by atoms with E-state index in [0.29, 0.717) is 18.3 Å². The largest absolute Gasteiger partial charge is 0.504 e. The van der Waals surface area contributed by atoms with Crippen molar-refractivity contribution < 1.29 is 32.6 Å². The molecule has 0 bridgehead atoms. The number of oxime groups is 1. The highest BCUT2D eigenvalue weighted by Gasteiger charge is 2.31. The highest BCUT2D eigenvalue weighted by atomic mass is 35.5. The lowest BCUT2D eigenvalue weighted by atomic mass is 10.1. The zero-order chi connectivity index (χ0) is 21.8. The number of rotatable bonds is 6. The van der Waals surface area contributed by atoms with E-state index in [-0.39, 0.29) is 27.8 Å². The van der Waals surface area contributed by atoms with Crippen LogP contribution in [0.5, 0.6) is 11.5 Å². The monoisotopic (exact) mass is 430 g/mol. The van der Waals surface area contributed by atoms with Gasteiger partial charge in [-0.15, -0.1) is 0 Å². The molecule has 0 saturated carbocycles. The molecule has 0 aliphatic heterocycles. The average Bonchev–Trinajstić information content (AvgIpc) is 2.66. The lowest BCUT2D eigenvalue weighted by Gasteiger charge is -2.14.